The Kier molecular flexibility index (Phi) is 5.92. The van der Waals surface area contributed by atoms with Crippen LogP contribution in [0, 0.1) is 0 Å². The van der Waals surface area contributed by atoms with Crippen LogP contribution in [0.2, 0.25) is 5.02 Å². The maximum Gasteiger partial charge on any atom is 0.318 e. The highest BCUT2D eigenvalue weighted by molar-refractivity contribution is 7.89. The Labute approximate surface area is 133 Å². The lowest BCUT2D eigenvalue weighted by Gasteiger charge is -2.26. The Morgan fingerprint density at radius 2 is 1.95 bits per heavy atom. The molecule has 0 aliphatic rings. The van der Waals surface area contributed by atoms with Gasteiger partial charge in [0.2, 0.25) is 15.9 Å². The standard InChI is InChI=1S/C13H17ClN2O5S/c1-3-8(2)16(7-12(17)18)22(20,21)11-5-9(13(15)19)4-10(14)6-11/h4-6,8H,3,7H2,1-2H3,(H2,15,19)(H,17,18). The van der Waals surface area contributed by atoms with Crippen molar-refractivity contribution in [3.05, 3.63) is 28.8 Å². The number of aliphatic carboxylic acids is 1. The smallest absolute Gasteiger partial charge is 0.318 e. The molecular formula is C13H17ClN2O5S. The lowest BCUT2D eigenvalue weighted by Crippen LogP contribution is -2.41. The number of hydrogen-bond acceptors (Lipinski definition) is 4. The molecule has 1 unspecified atom stereocenters. The molecule has 0 heterocycles. The third-order valence-corrected chi connectivity index (χ3v) is 5.29. The van der Waals surface area contributed by atoms with Crippen molar-refractivity contribution < 1.29 is 23.1 Å². The first-order chi connectivity index (χ1) is 10.1. The summed E-state index contributed by atoms with van der Waals surface area (Å²) in [4.78, 5) is 21.9. The number of halogens is 1. The molecule has 0 spiro atoms. The summed E-state index contributed by atoms with van der Waals surface area (Å²) in [6.45, 7) is 2.65. The van der Waals surface area contributed by atoms with Crippen molar-refractivity contribution in [3.8, 4) is 0 Å². The summed E-state index contributed by atoms with van der Waals surface area (Å²) >= 11 is 5.82. The van der Waals surface area contributed by atoms with Crippen molar-refractivity contribution in [2.24, 2.45) is 5.73 Å². The number of benzene rings is 1. The van der Waals surface area contributed by atoms with Crippen molar-refractivity contribution in [1.29, 1.82) is 0 Å². The molecule has 0 bridgehead atoms. The highest BCUT2D eigenvalue weighted by atomic mass is 35.5. The van der Waals surface area contributed by atoms with Crippen LogP contribution in [0.25, 0.3) is 0 Å². The van der Waals surface area contributed by atoms with Gasteiger partial charge >= 0.3 is 5.97 Å². The predicted molar refractivity (Wildman–Crippen MR) is 81.3 cm³/mol. The van der Waals surface area contributed by atoms with Crippen LogP contribution >= 0.6 is 11.6 Å². The molecule has 22 heavy (non-hydrogen) atoms. The van der Waals surface area contributed by atoms with E-state index in [0.717, 1.165) is 16.4 Å². The second kappa shape index (κ2) is 7.08. The Morgan fingerprint density at radius 3 is 2.41 bits per heavy atom. The fraction of sp³-hybridized carbons (Fsp3) is 0.385. The Bertz CT molecular complexity index is 690. The minimum absolute atomic E-state index is 0.0225. The lowest BCUT2D eigenvalue weighted by molar-refractivity contribution is -0.137. The van der Waals surface area contributed by atoms with E-state index in [2.05, 4.69) is 0 Å². The minimum atomic E-state index is -4.13. The zero-order valence-corrected chi connectivity index (χ0v) is 13.7. The molecule has 0 aliphatic heterocycles. The number of sulfonamides is 1. The van der Waals surface area contributed by atoms with Crippen LogP contribution in [0.5, 0.6) is 0 Å². The highest BCUT2D eigenvalue weighted by Crippen LogP contribution is 2.24. The molecule has 0 aliphatic carbocycles. The van der Waals surface area contributed by atoms with E-state index < -0.39 is 34.5 Å². The topological polar surface area (TPSA) is 118 Å². The average molecular weight is 349 g/mol. The zero-order chi connectivity index (χ0) is 17.1. The number of carboxylic acid groups (broad SMARTS) is 1. The van der Waals surface area contributed by atoms with Gasteiger partial charge in [-0.3, -0.25) is 9.59 Å². The number of carbonyl (C=O) groups is 2. The molecule has 7 nitrogen and oxygen atoms in total. The van der Waals surface area contributed by atoms with Gasteiger partial charge in [-0.15, -0.1) is 0 Å². The number of rotatable bonds is 7. The van der Waals surface area contributed by atoms with Crippen LogP contribution in [0.4, 0.5) is 0 Å². The fourth-order valence-electron chi connectivity index (χ4n) is 1.80. The van der Waals surface area contributed by atoms with Gasteiger partial charge in [-0.1, -0.05) is 18.5 Å². The maximum atomic E-state index is 12.6. The molecule has 0 saturated carbocycles. The summed E-state index contributed by atoms with van der Waals surface area (Å²) in [5.41, 5.74) is 5.07. The third-order valence-electron chi connectivity index (χ3n) is 3.14. The highest BCUT2D eigenvalue weighted by Gasteiger charge is 2.31. The molecular weight excluding hydrogens is 332 g/mol. The van der Waals surface area contributed by atoms with Crippen LogP contribution in [0.15, 0.2) is 23.1 Å². The van der Waals surface area contributed by atoms with E-state index in [0.29, 0.717) is 6.42 Å². The molecule has 1 aromatic rings. The van der Waals surface area contributed by atoms with Crippen LogP contribution in [-0.2, 0) is 14.8 Å². The summed E-state index contributed by atoms with van der Waals surface area (Å²) in [6, 6.07) is 2.95. The average Bonchev–Trinajstić information content (AvgIpc) is 2.42. The van der Waals surface area contributed by atoms with Crippen LogP contribution in [0.3, 0.4) is 0 Å². The SMILES string of the molecule is CCC(C)N(CC(=O)O)S(=O)(=O)c1cc(Cl)cc(C(N)=O)c1. The Hall–Kier alpha value is -1.64. The van der Waals surface area contributed by atoms with Gasteiger partial charge in [0.05, 0.1) is 4.90 Å². The summed E-state index contributed by atoms with van der Waals surface area (Å²) in [5.74, 6) is -2.10. The van der Waals surface area contributed by atoms with Gasteiger partial charge in [-0.05, 0) is 31.5 Å². The third kappa shape index (κ3) is 4.19. The van der Waals surface area contributed by atoms with Crippen LogP contribution in [0.1, 0.15) is 30.6 Å². The number of primary amides is 1. The van der Waals surface area contributed by atoms with Gasteiger partial charge in [0.1, 0.15) is 6.54 Å². The van der Waals surface area contributed by atoms with E-state index in [1.807, 2.05) is 0 Å². The van der Waals surface area contributed by atoms with Crippen molar-refractivity contribution in [3.63, 3.8) is 0 Å². The van der Waals surface area contributed by atoms with Crippen molar-refractivity contribution in [1.82, 2.24) is 4.31 Å². The first-order valence-electron chi connectivity index (χ1n) is 6.43. The van der Waals surface area contributed by atoms with E-state index in [4.69, 9.17) is 22.4 Å². The van der Waals surface area contributed by atoms with E-state index in [-0.39, 0.29) is 15.5 Å². The van der Waals surface area contributed by atoms with Gasteiger partial charge in [0.15, 0.2) is 0 Å². The number of hydrogen-bond donors (Lipinski definition) is 2. The van der Waals surface area contributed by atoms with Gasteiger partial charge in [0, 0.05) is 16.6 Å². The summed E-state index contributed by atoms with van der Waals surface area (Å²) < 4.78 is 26.1. The first kappa shape index (κ1) is 18.4. The monoisotopic (exact) mass is 348 g/mol. The molecule has 0 aromatic heterocycles. The molecule has 1 amide bonds. The van der Waals surface area contributed by atoms with E-state index in [1.54, 1.807) is 13.8 Å². The second-order valence-corrected chi connectivity index (χ2v) is 7.07. The molecule has 122 valence electrons. The maximum absolute atomic E-state index is 12.6. The molecule has 3 N–H and O–H groups in total. The molecule has 9 heteroatoms. The predicted octanol–water partition coefficient (Wildman–Crippen LogP) is 1.31. The van der Waals surface area contributed by atoms with Crippen LogP contribution < -0.4 is 5.73 Å². The molecule has 0 saturated heterocycles. The Morgan fingerprint density at radius 1 is 1.36 bits per heavy atom. The van der Waals surface area contributed by atoms with E-state index in [1.165, 1.54) is 6.07 Å². The largest absolute Gasteiger partial charge is 0.480 e. The van der Waals surface area contributed by atoms with Gasteiger partial charge in [0.25, 0.3) is 0 Å². The van der Waals surface area contributed by atoms with Crippen molar-refractivity contribution in [2.75, 3.05) is 6.54 Å². The molecule has 1 rings (SSSR count). The first-order valence-corrected chi connectivity index (χ1v) is 8.25. The van der Waals surface area contributed by atoms with Gasteiger partial charge in [-0.2, -0.15) is 4.31 Å². The van der Waals surface area contributed by atoms with Crippen molar-refractivity contribution in [2.45, 2.75) is 31.2 Å². The summed E-state index contributed by atoms with van der Waals surface area (Å²) in [5, 5.41) is 8.95. The van der Waals surface area contributed by atoms with Gasteiger partial charge in [-0.25, -0.2) is 8.42 Å². The number of nitrogens with two attached hydrogens (primary N) is 1. The number of carbonyl (C=O) groups excluding carboxylic acids is 1. The summed E-state index contributed by atoms with van der Waals surface area (Å²) in [7, 11) is -4.13. The Balaban J connectivity index is 3.42. The zero-order valence-electron chi connectivity index (χ0n) is 12.1. The van der Waals surface area contributed by atoms with E-state index >= 15 is 0 Å². The minimum Gasteiger partial charge on any atom is -0.480 e. The second-order valence-electron chi connectivity index (χ2n) is 4.74. The number of carboxylic acids is 1. The number of amides is 1. The van der Waals surface area contributed by atoms with Crippen LogP contribution in [-0.4, -0.2) is 42.3 Å². The number of nitrogens with zero attached hydrogens (tertiary/aromatic N) is 1. The normalized spacial score (nSPS) is 13.1. The summed E-state index contributed by atoms with van der Waals surface area (Å²) in [6.07, 6.45) is 0.426. The lowest BCUT2D eigenvalue weighted by atomic mass is 10.2. The van der Waals surface area contributed by atoms with E-state index in [9.17, 15) is 18.0 Å². The van der Waals surface area contributed by atoms with Crippen molar-refractivity contribution >= 4 is 33.5 Å². The quantitative estimate of drug-likeness (QED) is 0.770. The molecule has 1 aromatic carbocycles. The van der Waals surface area contributed by atoms with Gasteiger partial charge < -0.3 is 10.8 Å². The molecule has 1 atom stereocenters. The molecule has 0 fully saturated rings. The fourth-order valence-corrected chi connectivity index (χ4v) is 3.83. The molecule has 0 radical (unpaired) electrons.